The van der Waals surface area contributed by atoms with Crippen molar-refractivity contribution in [1.82, 2.24) is 0 Å². The summed E-state index contributed by atoms with van der Waals surface area (Å²) >= 11 is 0. The first kappa shape index (κ1) is 19.8. The van der Waals surface area contributed by atoms with Crippen LogP contribution in [0.1, 0.15) is 34.5 Å². The van der Waals surface area contributed by atoms with E-state index in [0.717, 1.165) is 6.07 Å². The Balaban J connectivity index is 1.95. The molecule has 0 bridgehead atoms. The van der Waals surface area contributed by atoms with Gasteiger partial charge >= 0.3 is 12.1 Å². The van der Waals surface area contributed by atoms with Gasteiger partial charge < -0.3 is 9.47 Å². The molecule has 0 fully saturated rings. The van der Waals surface area contributed by atoms with Gasteiger partial charge in [-0.2, -0.15) is 13.2 Å². The van der Waals surface area contributed by atoms with E-state index < -0.39 is 36.5 Å². The van der Waals surface area contributed by atoms with Crippen LogP contribution in [0.15, 0.2) is 42.5 Å². The van der Waals surface area contributed by atoms with Crippen LogP contribution in [0.5, 0.6) is 0 Å². The van der Waals surface area contributed by atoms with Gasteiger partial charge in [0.05, 0.1) is 12.2 Å². The molecule has 140 valence electrons. The minimum absolute atomic E-state index is 0.0249. The van der Waals surface area contributed by atoms with E-state index in [4.69, 9.17) is 4.74 Å². The first-order valence-electron chi connectivity index (χ1n) is 7.55. The second-order valence-electron chi connectivity index (χ2n) is 5.52. The fourth-order valence-corrected chi connectivity index (χ4v) is 2.14. The van der Waals surface area contributed by atoms with Gasteiger partial charge in [-0.1, -0.05) is 12.1 Å². The second-order valence-corrected chi connectivity index (χ2v) is 5.52. The molecule has 0 radical (unpaired) electrons. The van der Waals surface area contributed by atoms with Gasteiger partial charge in [0.25, 0.3) is 0 Å². The van der Waals surface area contributed by atoms with Crippen LogP contribution in [0.3, 0.4) is 0 Å². The number of ether oxygens (including phenoxy) is 2. The van der Waals surface area contributed by atoms with E-state index in [-0.39, 0.29) is 17.7 Å². The Bertz CT molecular complexity index is 756. The van der Waals surface area contributed by atoms with Gasteiger partial charge in [0.1, 0.15) is 24.3 Å². The molecule has 0 aliphatic carbocycles. The summed E-state index contributed by atoms with van der Waals surface area (Å²) in [6.07, 6.45) is -5.35. The third-order valence-corrected chi connectivity index (χ3v) is 3.41. The van der Waals surface area contributed by atoms with Crippen molar-refractivity contribution in [3.05, 3.63) is 70.8 Å². The number of hydrogen-bond acceptors (Lipinski definition) is 3. The fraction of sp³-hybridized carbons (Fsp3) is 0.278. The van der Waals surface area contributed by atoms with Crippen molar-refractivity contribution in [2.75, 3.05) is 6.61 Å². The third-order valence-electron chi connectivity index (χ3n) is 3.41. The molecule has 0 spiro atoms. The quantitative estimate of drug-likeness (QED) is 0.530. The maximum atomic E-state index is 13.7. The van der Waals surface area contributed by atoms with Gasteiger partial charge in [0.15, 0.2) is 0 Å². The van der Waals surface area contributed by atoms with Crippen LogP contribution in [-0.2, 0) is 16.1 Å². The smallest absolute Gasteiger partial charge is 0.411 e. The number of rotatable bonds is 6. The zero-order chi connectivity index (χ0) is 19.3. The Morgan fingerprint density at radius 2 is 1.73 bits per heavy atom. The van der Waals surface area contributed by atoms with Crippen molar-refractivity contribution >= 4 is 5.97 Å². The Morgan fingerprint density at radius 1 is 1.08 bits per heavy atom. The molecule has 0 aliphatic heterocycles. The number of benzene rings is 2. The van der Waals surface area contributed by atoms with Crippen molar-refractivity contribution in [3.63, 3.8) is 0 Å². The van der Waals surface area contributed by atoms with Crippen molar-refractivity contribution < 1.29 is 36.2 Å². The minimum Gasteiger partial charge on any atom is -0.454 e. The standard InChI is InChI=1S/C18H15F5O3/c1-11(15-7-6-14(19)8-16(15)20)26-17(24)13-4-2-12(3-5-13)9-25-10-18(21,22)23/h2-8,11H,9-10H2,1H3. The van der Waals surface area contributed by atoms with E-state index in [1.54, 1.807) is 0 Å². The van der Waals surface area contributed by atoms with Crippen LogP contribution < -0.4 is 0 Å². The van der Waals surface area contributed by atoms with Crippen LogP contribution in [0.4, 0.5) is 22.0 Å². The summed E-state index contributed by atoms with van der Waals surface area (Å²) in [7, 11) is 0. The predicted octanol–water partition coefficient (Wildman–Crippen LogP) is 4.96. The first-order chi connectivity index (χ1) is 12.2. The lowest BCUT2D eigenvalue weighted by molar-refractivity contribution is -0.176. The Kier molecular flexibility index (Phi) is 6.31. The number of hydrogen-bond donors (Lipinski definition) is 0. The summed E-state index contributed by atoms with van der Waals surface area (Å²) in [6, 6.07) is 8.51. The molecule has 0 amide bonds. The normalized spacial score (nSPS) is 12.7. The van der Waals surface area contributed by atoms with E-state index in [9.17, 15) is 26.7 Å². The van der Waals surface area contributed by atoms with E-state index in [1.807, 2.05) is 0 Å². The molecule has 0 aliphatic rings. The highest BCUT2D eigenvalue weighted by Gasteiger charge is 2.27. The van der Waals surface area contributed by atoms with Gasteiger partial charge in [-0.05, 0) is 36.8 Å². The summed E-state index contributed by atoms with van der Waals surface area (Å²) in [4.78, 5) is 12.1. The molecule has 3 nitrogen and oxygen atoms in total. The molecular formula is C18H15F5O3. The number of alkyl halides is 3. The fourth-order valence-electron chi connectivity index (χ4n) is 2.14. The molecule has 2 aromatic rings. The van der Waals surface area contributed by atoms with Gasteiger partial charge in [0.2, 0.25) is 0 Å². The lowest BCUT2D eigenvalue weighted by Crippen LogP contribution is -2.16. The highest BCUT2D eigenvalue weighted by Crippen LogP contribution is 2.22. The van der Waals surface area contributed by atoms with E-state index >= 15 is 0 Å². The maximum absolute atomic E-state index is 13.7. The molecule has 26 heavy (non-hydrogen) atoms. The molecule has 1 atom stereocenters. The van der Waals surface area contributed by atoms with Crippen LogP contribution in [0, 0.1) is 11.6 Å². The lowest BCUT2D eigenvalue weighted by Gasteiger charge is -2.14. The number of carbonyl (C=O) groups excluding carboxylic acids is 1. The molecule has 2 aromatic carbocycles. The average Bonchev–Trinajstić information content (AvgIpc) is 2.54. The average molecular weight is 374 g/mol. The van der Waals surface area contributed by atoms with Crippen LogP contribution in [0.25, 0.3) is 0 Å². The molecule has 0 saturated carbocycles. The molecular weight excluding hydrogens is 359 g/mol. The zero-order valence-corrected chi connectivity index (χ0v) is 13.6. The van der Waals surface area contributed by atoms with Gasteiger partial charge in [-0.15, -0.1) is 0 Å². The van der Waals surface area contributed by atoms with Gasteiger partial charge in [-0.3, -0.25) is 0 Å². The summed E-state index contributed by atoms with van der Waals surface area (Å²) in [5.74, 6) is -2.32. The number of esters is 1. The van der Waals surface area contributed by atoms with Crippen LogP contribution in [-0.4, -0.2) is 18.8 Å². The SMILES string of the molecule is CC(OC(=O)c1ccc(COCC(F)(F)F)cc1)c1ccc(F)cc1F. The van der Waals surface area contributed by atoms with E-state index in [2.05, 4.69) is 4.74 Å². The molecule has 0 N–H and O–H groups in total. The number of carbonyl (C=O) groups is 1. The topological polar surface area (TPSA) is 35.5 Å². The Hall–Kier alpha value is -2.48. The third kappa shape index (κ3) is 5.80. The Morgan fingerprint density at radius 3 is 2.31 bits per heavy atom. The van der Waals surface area contributed by atoms with E-state index in [0.29, 0.717) is 11.6 Å². The summed E-state index contributed by atoms with van der Waals surface area (Å²) < 4.78 is 72.3. The molecule has 0 heterocycles. The van der Waals surface area contributed by atoms with Gasteiger partial charge in [-0.25, -0.2) is 13.6 Å². The van der Waals surface area contributed by atoms with Crippen molar-refractivity contribution in [3.8, 4) is 0 Å². The first-order valence-corrected chi connectivity index (χ1v) is 7.55. The number of halogens is 5. The second kappa shape index (κ2) is 8.27. The van der Waals surface area contributed by atoms with Crippen molar-refractivity contribution in [2.24, 2.45) is 0 Å². The molecule has 8 heteroatoms. The largest absolute Gasteiger partial charge is 0.454 e. The monoisotopic (exact) mass is 374 g/mol. The Labute approximate surface area is 146 Å². The molecule has 0 aromatic heterocycles. The van der Waals surface area contributed by atoms with Crippen LogP contribution in [0.2, 0.25) is 0 Å². The van der Waals surface area contributed by atoms with Crippen molar-refractivity contribution in [1.29, 1.82) is 0 Å². The highest BCUT2D eigenvalue weighted by molar-refractivity contribution is 5.89. The molecule has 0 saturated heterocycles. The van der Waals surface area contributed by atoms with E-state index in [1.165, 1.54) is 37.3 Å². The zero-order valence-electron chi connectivity index (χ0n) is 13.6. The lowest BCUT2D eigenvalue weighted by atomic mass is 10.1. The maximum Gasteiger partial charge on any atom is 0.411 e. The summed E-state index contributed by atoms with van der Waals surface area (Å²) in [6.45, 7) is -0.183. The summed E-state index contributed by atoms with van der Waals surface area (Å²) in [5, 5.41) is 0. The molecule has 2 rings (SSSR count). The van der Waals surface area contributed by atoms with Crippen molar-refractivity contribution in [2.45, 2.75) is 25.8 Å². The predicted molar refractivity (Wildman–Crippen MR) is 82.3 cm³/mol. The molecule has 1 unspecified atom stereocenters. The van der Waals surface area contributed by atoms with Gasteiger partial charge in [0, 0.05) is 11.6 Å². The minimum atomic E-state index is -4.41. The van der Waals surface area contributed by atoms with Crippen LogP contribution >= 0.6 is 0 Å². The highest BCUT2D eigenvalue weighted by atomic mass is 19.4. The summed E-state index contributed by atoms with van der Waals surface area (Å²) in [5.41, 5.74) is 0.610.